The summed E-state index contributed by atoms with van der Waals surface area (Å²) >= 11 is 0. The Morgan fingerprint density at radius 3 is 3.15 bits per heavy atom. The molecule has 4 nitrogen and oxygen atoms in total. The minimum Gasteiger partial charge on any atom is -0.472 e. The Morgan fingerprint density at radius 1 is 1.69 bits per heavy atom. The number of hydrogen-bond acceptors (Lipinski definition) is 3. The van der Waals surface area contributed by atoms with Gasteiger partial charge in [-0.25, -0.2) is 0 Å². The van der Waals surface area contributed by atoms with E-state index in [0.717, 1.165) is 5.56 Å². The van der Waals surface area contributed by atoms with Gasteiger partial charge >= 0.3 is 0 Å². The van der Waals surface area contributed by atoms with E-state index in [4.69, 9.17) is 9.15 Å². The summed E-state index contributed by atoms with van der Waals surface area (Å²) in [5.74, 6) is -0.108. The summed E-state index contributed by atoms with van der Waals surface area (Å²) in [4.78, 5) is 11.0. The maximum absolute atomic E-state index is 11.0. The number of ether oxygens (including phenoxy) is 1. The maximum Gasteiger partial charge on any atom is 0.246 e. The van der Waals surface area contributed by atoms with Crippen molar-refractivity contribution < 1.29 is 13.9 Å². The van der Waals surface area contributed by atoms with E-state index in [0.29, 0.717) is 13.2 Å². The van der Waals surface area contributed by atoms with Gasteiger partial charge in [0.2, 0.25) is 5.91 Å². The van der Waals surface area contributed by atoms with Gasteiger partial charge in [-0.1, -0.05) is 0 Å². The van der Waals surface area contributed by atoms with Gasteiger partial charge in [0.05, 0.1) is 12.5 Å². The highest BCUT2D eigenvalue weighted by molar-refractivity contribution is 5.77. The molecule has 0 radical (unpaired) electrons. The van der Waals surface area contributed by atoms with Crippen molar-refractivity contribution in [3.63, 3.8) is 0 Å². The summed E-state index contributed by atoms with van der Waals surface area (Å²) in [6.45, 7) is 3.01. The van der Waals surface area contributed by atoms with Gasteiger partial charge in [0, 0.05) is 18.7 Å². The summed E-state index contributed by atoms with van der Waals surface area (Å²) in [5, 5.41) is 2.70. The van der Waals surface area contributed by atoms with Crippen molar-refractivity contribution in [3.05, 3.63) is 24.2 Å². The molecule has 0 aliphatic carbocycles. The number of hydrogen-bond donors (Lipinski definition) is 1. The van der Waals surface area contributed by atoms with E-state index in [1.165, 1.54) is 0 Å². The van der Waals surface area contributed by atoms with E-state index in [1.807, 2.05) is 6.92 Å². The minimum absolute atomic E-state index is 0.108. The van der Waals surface area contributed by atoms with Crippen molar-refractivity contribution in [1.82, 2.24) is 5.32 Å². The zero-order chi connectivity index (χ0) is 9.52. The second-order valence-corrected chi connectivity index (χ2v) is 2.55. The van der Waals surface area contributed by atoms with Crippen LogP contribution in [0.5, 0.6) is 0 Å². The molecule has 0 spiro atoms. The highest BCUT2D eigenvalue weighted by Gasteiger charge is 2.00. The van der Waals surface area contributed by atoms with Crippen molar-refractivity contribution >= 4 is 5.91 Å². The van der Waals surface area contributed by atoms with Gasteiger partial charge in [-0.2, -0.15) is 0 Å². The number of nitrogens with one attached hydrogen (secondary N) is 1. The standard InChI is InChI=1S/C9H13NO3/c1-2-12-7-9(11)10-5-8-3-4-13-6-8/h3-4,6H,2,5,7H2,1H3,(H,10,11). The number of rotatable bonds is 5. The summed E-state index contributed by atoms with van der Waals surface area (Å²) < 4.78 is 9.78. The maximum atomic E-state index is 11.0. The first kappa shape index (κ1) is 9.80. The molecule has 1 rings (SSSR count). The molecule has 4 heteroatoms. The Morgan fingerprint density at radius 2 is 2.54 bits per heavy atom. The van der Waals surface area contributed by atoms with Crippen LogP contribution in [0, 0.1) is 0 Å². The van der Waals surface area contributed by atoms with E-state index in [1.54, 1.807) is 18.6 Å². The second-order valence-electron chi connectivity index (χ2n) is 2.55. The second kappa shape index (κ2) is 5.37. The predicted octanol–water partition coefficient (Wildman–Crippen LogP) is 0.932. The Hall–Kier alpha value is -1.29. The molecule has 1 amide bonds. The quantitative estimate of drug-likeness (QED) is 0.738. The van der Waals surface area contributed by atoms with Crippen LogP contribution in [0.3, 0.4) is 0 Å². The first-order valence-corrected chi connectivity index (χ1v) is 4.18. The van der Waals surface area contributed by atoms with Crippen molar-refractivity contribution in [3.8, 4) is 0 Å². The van der Waals surface area contributed by atoms with Crippen LogP contribution in [0.15, 0.2) is 23.0 Å². The largest absolute Gasteiger partial charge is 0.472 e. The molecule has 1 aromatic heterocycles. The third-order valence-corrected chi connectivity index (χ3v) is 1.51. The molecule has 72 valence electrons. The van der Waals surface area contributed by atoms with Crippen LogP contribution in [0.25, 0.3) is 0 Å². The van der Waals surface area contributed by atoms with E-state index >= 15 is 0 Å². The highest BCUT2D eigenvalue weighted by Crippen LogP contribution is 1.97. The summed E-state index contributed by atoms with van der Waals surface area (Å²) in [7, 11) is 0. The Labute approximate surface area is 76.9 Å². The molecule has 1 N–H and O–H groups in total. The highest BCUT2D eigenvalue weighted by atomic mass is 16.5. The summed E-state index contributed by atoms with van der Waals surface area (Å²) in [6.07, 6.45) is 3.17. The third kappa shape index (κ3) is 3.75. The van der Waals surface area contributed by atoms with E-state index < -0.39 is 0 Å². The van der Waals surface area contributed by atoms with Gasteiger partial charge in [0.25, 0.3) is 0 Å². The molecule has 0 unspecified atom stereocenters. The Balaban J connectivity index is 2.15. The lowest BCUT2D eigenvalue weighted by Crippen LogP contribution is -2.26. The molecule has 0 bridgehead atoms. The monoisotopic (exact) mass is 183 g/mol. The average Bonchev–Trinajstić information content (AvgIpc) is 2.64. The first-order valence-electron chi connectivity index (χ1n) is 4.18. The molecule has 1 heterocycles. The molecule has 0 saturated heterocycles. The van der Waals surface area contributed by atoms with Crippen LogP contribution < -0.4 is 5.32 Å². The van der Waals surface area contributed by atoms with E-state index in [2.05, 4.69) is 5.32 Å². The lowest BCUT2D eigenvalue weighted by atomic mass is 10.3. The molecule has 1 aromatic rings. The molecule has 0 fully saturated rings. The normalized spacial score (nSPS) is 9.92. The molecule has 13 heavy (non-hydrogen) atoms. The molecule has 0 aliphatic heterocycles. The molecule has 0 atom stereocenters. The van der Waals surface area contributed by atoms with Crippen molar-refractivity contribution in [1.29, 1.82) is 0 Å². The number of carbonyl (C=O) groups is 1. The van der Waals surface area contributed by atoms with Crippen LogP contribution in [-0.2, 0) is 16.1 Å². The number of furan rings is 1. The SMILES string of the molecule is CCOCC(=O)NCc1ccoc1. The number of carbonyl (C=O) groups excluding carboxylic acids is 1. The fourth-order valence-electron chi connectivity index (χ4n) is 0.840. The fourth-order valence-corrected chi connectivity index (χ4v) is 0.840. The fraction of sp³-hybridized carbons (Fsp3) is 0.444. The van der Waals surface area contributed by atoms with Crippen LogP contribution in [0.4, 0.5) is 0 Å². The zero-order valence-electron chi connectivity index (χ0n) is 7.58. The Kier molecular flexibility index (Phi) is 4.05. The van der Waals surface area contributed by atoms with Gasteiger partial charge in [0.15, 0.2) is 0 Å². The smallest absolute Gasteiger partial charge is 0.246 e. The zero-order valence-corrected chi connectivity index (χ0v) is 7.58. The van der Waals surface area contributed by atoms with Gasteiger partial charge in [-0.05, 0) is 13.0 Å². The Bertz CT molecular complexity index is 243. The molecular weight excluding hydrogens is 170 g/mol. The molecular formula is C9H13NO3. The summed E-state index contributed by atoms with van der Waals surface area (Å²) in [5.41, 5.74) is 0.949. The van der Waals surface area contributed by atoms with Gasteiger partial charge < -0.3 is 14.5 Å². The molecule has 0 saturated carbocycles. The van der Waals surface area contributed by atoms with Crippen molar-refractivity contribution in [2.45, 2.75) is 13.5 Å². The van der Waals surface area contributed by atoms with Crippen LogP contribution in [-0.4, -0.2) is 19.1 Å². The topological polar surface area (TPSA) is 51.5 Å². The van der Waals surface area contributed by atoms with Crippen molar-refractivity contribution in [2.75, 3.05) is 13.2 Å². The van der Waals surface area contributed by atoms with Gasteiger partial charge in [0.1, 0.15) is 6.61 Å². The van der Waals surface area contributed by atoms with Crippen LogP contribution in [0.1, 0.15) is 12.5 Å². The lowest BCUT2D eigenvalue weighted by molar-refractivity contribution is -0.125. The lowest BCUT2D eigenvalue weighted by Gasteiger charge is -2.02. The number of amides is 1. The van der Waals surface area contributed by atoms with Gasteiger partial charge in [-0.15, -0.1) is 0 Å². The van der Waals surface area contributed by atoms with Crippen LogP contribution >= 0.6 is 0 Å². The van der Waals surface area contributed by atoms with Crippen molar-refractivity contribution in [2.24, 2.45) is 0 Å². The molecule has 0 aromatic carbocycles. The average molecular weight is 183 g/mol. The first-order chi connectivity index (χ1) is 6.33. The predicted molar refractivity (Wildman–Crippen MR) is 47.0 cm³/mol. The van der Waals surface area contributed by atoms with E-state index in [9.17, 15) is 4.79 Å². The minimum atomic E-state index is -0.108. The van der Waals surface area contributed by atoms with E-state index in [-0.39, 0.29) is 12.5 Å². The third-order valence-electron chi connectivity index (χ3n) is 1.51. The van der Waals surface area contributed by atoms with Crippen LogP contribution in [0.2, 0.25) is 0 Å². The summed E-state index contributed by atoms with van der Waals surface area (Å²) in [6, 6.07) is 1.81. The van der Waals surface area contributed by atoms with Gasteiger partial charge in [-0.3, -0.25) is 4.79 Å². The molecule has 0 aliphatic rings.